The molecular weight excluding hydrogens is 434 g/mol. The summed E-state index contributed by atoms with van der Waals surface area (Å²) in [5.41, 5.74) is 1.97. The molecule has 10 heteroatoms. The van der Waals surface area contributed by atoms with Crippen LogP contribution in [0.25, 0.3) is 11.0 Å². The SMILES string of the molecule is C[C@@H](O)CN1CCN(c2ccc(Nc3ncc4cc(C(=O)O)n(C5CCCC5)c4n3)nc2)CC1. The lowest BCUT2D eigenvalue weighted by molar-refractivity contribution is 0.0683. The van der Waals surface area contributed by atoms with Crippen LogP contribution in [0.2, 0.25) is 0 Å². The number of nitrogens with one attached hydrogen (secondary N) is 1. The molecule has 3 aromatic rings. The summed E-state index contributed by atoms with van der Waals surface area (Å²) in [6.45, 7) is 6.14. The van der Waals surface area contributed by atoms with Crippen LogP contribution in [0.3, 0.4) is 0 Å². The number of pyridine rings is 1. The van der Waals surface area contributed by atoms with E-state index in [0.29, 0.717) is 24.0 Å². The number of fused-ring (bicyclic) bond motifs is 1. The third-order valence-electron chi connectivity index (χ3n) is 6.73. The molecule has 2 fully saturated rings. The van der Waals surface area contributed by atoms with Crippen molar-refractivity contribution >= 4 is 34.5 Å². The molecule has 4 heterocycles. The van der Waals surface area contributed by atoms with E-state index in [9.17, 15) is 15.0 Å². The van der Waals surface area contributed by atoms with E-state index < -0.39 is 5.97 Å². The maximum Gasteiger partial charge on any atom is 0.352 e. The van der Waals surface area contributed by atoms with Crippen molar-refractivity contribution in [2.24, 2.45) is 0 Å². The Bertz CT molecular complexity index is 1150. The predicted molar refractivity (Wildman–Crippen MR) is 130 cm³/mol. The van der Waals surface area contributed by atoms with Gasteiger partial charge in [-0.05, 0) is 38.0 Å². The van der Waals surface area contributed by atoms with Crippen molar-refractivity contribution in [3.05, 3.63) is 36.3 Å². The number of carbonyl (C=O) groups is 1. The average molecular weight is 466 g/mol. The first kappa shape index (κ1) is 22.5. The van der Waals surface area contributed by atoms with E-state index in [0.717, 1.165) is 62.9 Å². The molecule has 3 aromatic heterocycles. The quantitative estimate of drug-likeness (QED) is 0.484. The summed E-state index contributed by atoms with van der Waals surface area (Å²) in [6, 6.07) is 5.75. The van der Waals surface area contributed by atoms with Gasteiger partial charge in [0.25, 0.3) is 0 Å². The van der Waals surface area contributed by atoms with E-state index >= 15 is 0 Å². The largest absolute Gasteiger partial charge is 0.477 e. The molecule has 1 aliphatic heterocycles. The molecule has 0 unspecified atom stereocenters. The Morgan fingerprint density at radius 1 is 1.15 bits per heavy atom. The van der Waals surface area contributed by atoms with Gasteiger partial charge in [-0.25, -0.2) is 14.8 Å². The number of carboxylic acids is 1. The number of hydrogen-bond acceptors (Lipinski definition) is 8. The van der Waals surface area contributed by atoms with Crippen molar-refractivity contribution in [1.82, 2.24) is 24.4 Å². The maximum absolute atomic E-state index is 11.8. The number of aromatic nitrogens is 4. The Morgan fingerprint density at radius 3 is 2.56 bits per heavy atom. The third kappa shape index (κ3) is 4.69. The Kier molecular flexibility index (Phi) is 6.34. The zero-order valence-corrected chi connectivity index (χ0v) is 19.4. The Labute approximate surface area is 198 Å². The smallest absolute Gasteiger partial charge is 0.352 e. The fourth-order valence-corrected chi connectivity index (χ4v) is 5.09. The first-order valence-corrected chi connectivity index (χ1v) is 12.0. The topological polar surface area (TPSA) is 120 Å². The molecule has 180 valence electrons. The van der Waals surface area contributed by atoms with Gasteiger partial charge in [-0.1, -0.05) is 12.8 Å². The van der Waals surface area contributed by atoms with Gasteiger partial charge < -0.3 is 25.0 Å². The molecule has 1 aliphatic carbocycles. The highest BCUT2D eigenvalue weighted by Crippen LogP contribution is 2.34. The molecule has 0 radical (unpaired) electrons. The van der Waals surface area contributed by atoms with Crippen LogP contribution in [0.4, 0.5) is 17.5 Å². The van der Waals surface area contributed by atoms with E-state index in [-0.39, 0.29) is 17.8 Å². The van der Waals surface area contributed by atoms with Crippen molar-refractivity contribution in [2.45, 2.75) is 44.8 Å². The van der Waals surface area contributed by atoms with Crippen molar-refractivity contribution < 1.29 is 15.0 Å². The highest BCUT2D eigenvalue weighted by atomic mass is 16.4. The lowest BCUT2D eigenvalue weighted by Gasteiger charge is -2.36. The number of aromatic carboxylic acids is 1. The van der Waals surface area contributed by atoms with Crippen LogP contribution in [-0.2, 0) is 0 Å². The number of β-amino-alcohol motifs (C(OH)–C–C–N with tert-alkyl or cyclic N) is 1. The number of nitrogens with zero attached hydrogens (tertiary/aromatic N) is 6. The number of hydrogen-bond donors (Lipinski definition) is 3. The van der Waals surface area contributed by atoms with E-state index in [1.165, 1.54) is 0 Å². The molecule has 3 N–H and O–H groups in total. The minimum Gasteiger partial charge on any atom is -0.477 e. The average Bonchev–Trinajstić information content (AvgIpc) is 3.47. The summed E-state index contributed by atoms with van der Waals surface area (Å²) < 4.78 is 1.87. The Hall–Kier alpha value is -3.24. The molecule has 1 saturated heterocycles. The summed E-state index contributed by atoms with van der Waals surface area (Å²) in [7, 11) is 0. The molecule has 5 rings (SSSR count). The summed E-state index contributed by atoms with van der Waals surface area (Å²) in [5.74, 6) is 0.0883. The Morgan fingerprint density at radius 2 is 1.91 bits per heavy atom. The van der Waals surface area contributed by atoms with Gasteiger partial charge in [-0.2, -0.15) is 4.98 Å². The predicted octanol–water partition coefficient (Wildman–Crippen LogP) is 2.89. The van der Waals surface area contributed by atoms with Crippen LogP contribution < -0.4 is 10.2 Å². The lowest BCUT2D eigenvalue weighted by atomic mass is 10.2. The summed E-state index contributed by atoms with van der Waals surface area (Å²) in [5, 5.41) is 23.2. The van der Waals surface area contributed by atoms with Gasteiger partial charge in [0.15, 0.2) is 0 Å². The van der Waals surface area contributed by atoms with Crippen molar-refractivity contribution in [3.8, 4) is 0 Å². The molecule has 0 spiro atoms. The van der Waals surface area contributed by atoms with Crippen LogP contribution in [0.5, 0.6) is 0 Å². The molecule has 1 saturated carbocycles. The maximum atomic E-state index is 11.8. The second-order valence-electron chi connectivity index (χ2n) is 9.28. The van der Waals surface area contributed by atoms with Crippen LogP contribution in [0, 0.1) is 0 Å². The normalized spacial score (nSPS) is 18.5. The summed E-state index contributed by atoms with van der Waals surface area (Å²) >= 11 is 0. The highest BCUT2D eigenvalue weighted by Gasteiger charge is 2.25. The second kappa shape index (κ2) is 9.55. The van der Waals surface area contributed by atoms with Gasteiger partial charge >= 0.3 is 5.97 Å². The number of aliphatic hydroxyl groups excluding tert-OH is 1. The van der Waals surface area contributed by atoms with Crippen LogP contribution in [-0.4, -0.2) is 79.4 Å². The zero-order chi connectivity index (χ0) is 23.7. The van der Waals surface area contributed by atoms with E-state index in [1.807, 2.05) is 29.8 Å². The van der Waals surface area contributed by atoms with Gasteiger partial charge in [0, 0.05) is 50.3 Å². The Balaban J connectivity index is 1.31. The number of anilines is 3. The fourth-order valence-electron chi connectivity index (χ4n) is 5.09. The molecule has 0 aromatic carbocycles. The van der Waals surface area contributed by atoms with Crippen LogP contribution in [0.1, 0.15) is 49.1 Å². The fraction of sp³-hybridized carbons (Fsp3) is 0.500. The molecule has 0 amide bonds. The minimum atomic E-state index is -0.941. The molecule has 0 bridgehead atoms. The highest BCUT2D eigenvalue weighted by molar-refractivity contribution is 5.93. The van der Waals surface area contributed by atoms with E-state index in [1.54, 1.807) is 12.3 Å². The first-order valence-electron chi connectivity index (χ1n) is 12.0. The van der Waals surface area contributed by atoms with Gasteiger partial charge in [-0.15, -0.1) is 0 Å². The van der Waals surface area contributed by atoms with Crippen molar-refractivity contribution in [3.63, 3.8) is 0 Å². The van der Waals surface area contributed by atoms with Gasteiger partial charge in [0.1, 0.15) is 17.2 Å². The monoisotopic (exact) mass is 465 g/mol. The number of rotatable bonds is 7. The number of carboxylic acid groups (broad SMARTS) is 1. The zero-order valence-electron chi connectivity index (χ0n) is 19.4. The van der Waals surface area contributed by atoms with Crippen LogP contribution >= 0.6 is 0 Å². The lowest BCUT2D eigenvalue weighted by Crippen LogP contribution is -2.48. The van der Waals surface area contributed by atoms with Crippen molar-refractivity contribution in [1.29, 1.82) is 0 Å². The standard InChI is InChI=1S/C24H31N7O3/c1-16(32)15-29-8-10-30(11-9-29)19-6-7-21(25-14-19)27-24-26-13-17-12-20(23(33)34)31(22(17)28-24)18-4-2-3-5-18/h6-7,12-14,16,18,32H,2-5,8-11,15H2,1H3,(H,33,34)(H,25,26,27,28)/t16-/m1/s1. The van der Waals surface area contributed by atoms with E-state index in [2.05, 4.69) is 30.1 Å². The first-order chi connectivity index (χ1) is 16.5. The molecule has 10 nitrogen and oxygen atoms in total. The third-order valence-corrected chi connectivity index (χ3v) is 6.73. The summed E-state index contributed by atoms with van der Waals surface area (Å²) in [6.07, 6.45) is 7.34. The van der Waals surface area contributed by atoms with Gasteiger partial charge in [0.05, 0.1) is 18.0 Å². The van der Waals surface area contributed by atoms with E-state index in [4.69, 9.17) is 0 Å². The van der Waals surface area contributed by atoms with Crippen LogP contribution in [0.15, 0.2) is 30.6 Å². The van der Waals surface area contributed by atoms with Gasteiger partial charge in [0.2, 0.25) is 5.95 Å². The molecule has 34 heavy (non-hydrogen) atoms. The number of piperazine rings is 1. The van der Waals surface area contributed by atoms with Crippen molar-refractivity contribution in [2.75, 3.05) is 42.9 Å². The summed E-state index contributed by atoms with van der Waals surface area (Å²) in [4.78, 5) is 30.0. The number of aliphatic hydroxyl groups is 1. The molecule has 1 atom stereocenters. The minimum absolute atomic E-state index is 0.157. The molecule has 2 aliphatic rings. The second-order valence-corrected chi connectivity index (χ2v) is 9.28. The molecular formula is C24H31N7O3. The van der Waals surface area contributed by atoms with Gasteiger partial charge in [-0.3, -0.25) is 4.90 Å².